The molecule has 17 heavy (non-hydrogen) atoms. The summed E-state index contributed by atoms with van der Waals surface area (Å²) in [5, 5.41) is 3.21. The van der Waals surface area contributed by atoms with Gasteiger partial charge in [-0.3, -0.25) is 0 Å². The van der Waals surface area contributed by atoms with Crippen LogP contribution in [-0.2, 0) is 10.0 Å². The van der Waals surface area contributed by atoms with Crippen LogP contribution in [0.2, 0.25) is 0 Å². The third-order valence-corrected chi connectivity index (χ3v) is 4.10. The quantitative estimate of drug-likeness (QED) is 0.592. The van der Waals surface area contributed by atoms with Gasteiger partial charge in [0.1, 0.15) is 0 Å². The van der Waals surface area contributed by atoms with E-state index in [-0.39, 0.29) is 11.8 Å². The molecular formula is C12H28N2O2S. The predicted molar refractivity (Wildman–Crippen MR) is 73.7 cm³/mol. The zero-order chi connectivity index (χ0) is 13.3. The van der Waals surface area contributed by atoms with Gasteiger partial charge >= 0.3 is 0 Å². The van der Waals surface area contributed by atoms with Crippen molar-refractivity contribution in [1.29, 1.82) is 0 Å². The van der Waals surface area contributed by atoms with Gasteiger partial charge in [-0.25, -0.2) is 13.1 Å². The second-order valence-corrected chi connectivity index (χ2v) is 6.82. The van der Waals surface area contributed by atoms with E-state index in [1.165, 1.54) is 0 Å². The molecule has 104 valence electrons. The molecule has 5 heteroatoms. The standard InChI is InChI=1S/C12H28N2O2S/c1-5-6-8-12(4)14-17(15,16)10-7-9-13-11(2)3/h11-14H,5-10H2,1-4H3. The van der Waals surface area contributed by atoms with Crippen molar-refractivity contribution in [2.45, 2.75) is 65.5 Å². The van der Waals surface area contributed by atoms with Crippen molar-refractivity contribution in [1.82, 2.24) is 10.0 Å². The van der Waals surface area contributed by atoms with E-state index in [4.69, 9.17) is 0 Å². The highest BCUT2D eigenvalue weighted by Crippen LogP contribution is 2.02. The maximum atomic E-state index is 11.7. The fraction of sp³-hybridized carbons (Fsp3) is 1.00. The van der Waals surface area contributed by atoms with Crippen LogP contribution < -0.4 is 10.0 Å². The molecule has 4 nitrogen and oxygen atoms in total. The molecule has 0 aromatic carbocycles. The third kappa shape index (κ3) is 10.7. The number of sulfonamides is 1. The maximum Gasteiger partial charge on any atom is 0.211 e. The molecule has 2 N–H and O–H groups in total. The minimum atomic E-state index is -3.10. The minimum Gasteiger partial charge on any atom is -0.314 e. The van der Waals surface area contributed by atoms with Crippen LogP contribution in [0.1, 0.15) is 53.4 Å². The second-order valence-electron chi connectivity index (χ2n) is 4.94. The van der Waals surface area contributed by atoms with Gasteiger partial charge in [-0.05, 0) is 26.3 Å². The zero-order valence-electron chi connectivity index (χ0n) is 11.6. The lowest BCUT2D eigenvalue weighted by Gasteiger charge is -2.14. The van der Waals surface area contributed by atoms with E-state index in [9.17, 15) is 8.42 Å². The molecule has 0 amide bonds. The average molecular weight is 264 g/mol. The fourth-order valence-electron chi connectivity index (χ4n) is 1.59. The first kappa shape index (κ1) is 16.9. The van der Waals surface area contributed by atoms with Gasteiger partial charge in [-0.2, -0.15) is 0 Å². The Morgan fingerprint density at radius 3 is 2.29 bits per heavy atom. The summed E-state index contributed by atoms with van der Waals surface area (Å²) in [6.07, 6.45) is 3.75. The van der Waals surface area contributed by atoms with Gasteiger partial charge in [0.25, 0.3) is 0 Å². The van der Waals surface area contributed by atoms with Crippen LogP contribution in [0.5, 0.6) is 0 Å². The van der Waals surface area contributed by atoms with Gasteiger partial charge < -0.3 is 5.32 Å². The Morgan fingerprint density at radius 1 is 1.12 bits per heavy atom. The molecule has 0 fully saturated rings. The first-order valence-corrected chi connectivity index (χ1v) is 8.26. The smallest absolute Gasteiger partial charge is 0.211 e. The van der Waals surface area contributed by atoms with Crippen molar-refractivity contribution >= 4 is 10.0 Å². The Balaban J connectivity index is 3.79. The molecule has 0 aliphatic heterocycles. The molecule has 0 aromatic rings. The van der Waals surface area contributed by atoms with Crippen molar-refractivity contribution < 1.29 is 8.42 Å². The van der Waals surface area contributed by atoms with E-state index >= 15 is 0 Å². The Hall–Kier alpha value is -0.130. The Morgan fingerprint density at radius 2 is 1.76 bits per heavy atom. The van der Waals surface area contributed by atoms with Gasteiger partial charge in [-0.15, -0.1) is 0 Å². The summed E-state index contributed by atoms with van der Waals surface area (Å²) in [7, 11) is -3.10. The summed E-state index contributed by atoms with van der Waals surface area (Å²) in [6.45, 7) is 8.90. The second kappa shape index (κ2) is 8.89. The van der Waals surface area contributed by atoms with Gasteiger partial charge in [0.15, 0.2) is 0 Å². The lowest BCUT2D eigenvalue weighted by molar-refractivity contribution is 0.528. The SMILES string of the molecule is CCCCC(C)NS(=O)(=O)CCCNC(C)C. The first-order valence-electron chi connectivity index (χ1n) is 6.60. The molecule has 0 aromatic heterocycles. The molecule has 0 saturated heterocycles. The zero-order valence-corrected chi connectivity index (χ0v) is 12.4. The summed E-state index contributed by atoms with van der Waals surface area (Å²) >= 11 is 0. The normalized spacial score (nSPS) is 14.2. The highest BCUT2D eigenvalue weighted by molar-refractivity contribution is 7.89. The topological polar surface area (TPSA) is 58.2 Å². The molecule has 1 unspecified atom stereocenters. The van der Waals surface area contributed by atoms with Crippen LogP contribution in [0.4, 0.5) is 0 Å². The number of hydrogen-bond donors (Lipinski definition) is 2. The van der Waals surface area contributed by atoms with Crippen LogP contribution in [0.25, 0.3) is 0 Å². The van der Waals surface area contributed by atoms with Gasteiger partial charge in [0, 0.05) is 12.1 Å². The number of hydrogen-bond acceptors (Lipinski definition) is 3. The Labute approximate surface area is 107 Å². The van der Waals surface area contributed by atoms with E-state index < -0.39 is 10.0 Å². The van der Waals surface area contributed by atoms with Gasteiger partial charge in [0.2, 0.25) is 10.0 Å². The minimum absolute atomic E-state index is 0.0537. The molecule has 0 bridgehead atoms. The molecule has 0 radical (unpaired) electrons. The van der Waals surface area contributed by atoms with Crippen LogP contribution in [0.3, 0.4) is 0 Å². The van der Waals surface area contributed by atoms with E-state index in [2.05, 4.69) is 30.8 Å². The van der Waals surface area contributed by atoms with Crippen molar-refractivity contribution in [3.8, 4) is 0 Å². The van der Waals surface area contributed by atoms with Crippen LogP contribution in [-0.4, -0.2) is 32.8 Å². The summed E-state index contributed by atoms with van der Waals surface area (Å²) in [4.78, 5) is 0. The van der Waals surface area contributed by atoms with E-state index in [1.54, 1.807) is 0 Å². The molecule has 0 rings (SSSR count). The van der Waals surface area contributed by atoms with Crippen molar-refractivity contribution in [2.24, 2.45) is 0 Å². The summed E-state index contributed by atoms with van der Waals surface area (Å²) in [5.41, 5.74) is 0. The summed E-state index contributed by atoms with van der Waals surface area (Å²) in [6, 6.07) is 0.465. The highest BCUT2D eigenvalue weighted by atomic mass is 32.2. The molecular weight excluding hydrogens is 236 g/mol. The first-order chi connectivity index (χ1) is 7.87. The number of unbranched alkanes of at least 4 members (excludes halogenated alkanes) is 1. The molecule has 0 aliphatic carbocycles. The molecule has 0 saturated carbocycles. The van der Waals surface area contributed by atoms with Crippen molar-refractivity contribution in [2.75, 3.05) is 12.3 Å². The largest absolute Gasteiger partial charge is 0.314 e. The number of nitrogens with one attached hydrogen (secondary N) is 2. The maximum absolute atomic E-state index is 11.7. The number of rotatable bonds is 10. The predicted octanol–water partition coefficient (Wildman–Crippen LogP) is 1.87. The van der Waals surface area contributed by atoms with E-state index in [0.717, 1.165) is 25.8 Å². The monoisotopic (exact) mass is 264 g/mol. The van der Waals surface area contributed by atoms with Crippen LogP contribution in [0.15, 0.2) is 0 Å². The van der Waals surface area contributed by atoms with Crippen molar-refractivity contribution in [3.05, 3.63) is 0 Å². The van der Waals surface area contributed by atoms with Crippen LogP contribution in [0, 0.1) is 0 Å². The van der Waals surface area contributed by atoms with E-state index in [1.807, 2.05) is 6.92 Å². The van der Waals surface area contributed by atoms with Gasteiger partial charge in [0.05, 0.1) is 5.75 Å². The molecule has 0 heterocycles. The molecule has 1 atom stereocenters. The molecule has 0 spiro atoms. The highest BCUT2D eigenvalue weighted by Gasteiger charge is 2.13. The average Bonchev–Trinajstić information content (AvgIpc) is 2.20. The van der Waals surface area contributed by atoms with Crippen LogP contribution >= 0.6 is 0 Å². The van der Waals surface area contributed by atoms with Crippen molar-refractivity contribution in [3.63, 3.8) is 0 Å². The summed E-state index contributed by atoms with van der Waals surface area (Å²) < 4.78 is 26.1. The lowest BCUT2D eigenvalue weighted by atomic mass is 10.2. The Bertz CT molecular complexity index is 276. The third-order valence-electron chi connectivity index (χ3n) is 2.51. The molecule has 0 aliphatic rings. The van der Waals surface area contributed by atoms with E-state index in [0.29, 0.717) is 12.5 Å². The van der Waals surface area contributed by atoms with Gasteiger partial charge in [-0.1, -0.05) is 33.6 Å². The fourth-order valence-corrected chi connectivity index (χ4v) is 2.96. The lowest BCUT2D eigenvalue weighted by Crippen LogP contribution is -2.35. The summed E-state index contributed by atoms with van der Waals surface area (Å²) in [5.74, 6) is 0.211. The Kier molecular flexibility index (Phi) is 8.82.